The van der Waals surface area contributed by atoms with Crippen LogP contribution in [0.3, 0.4) is 0 Å². The van der Waals surface area contributed by atoms with Gasteiger partial charge >= 0.3 is 6.18 Å². The van der Waals surface area contributed by atoms with Crippen molar-refractivity contribution in [1.82, 2.24) is 20.4 Å². The first kappa shape index (κ1) is 20.0. The van der Waals surface area contributed by atoms with Crippen molar-refractivity contribution >= 4 is 22.6 Å². The fourth-order valence-electron chi connectivity index (χ4n) is 4.05. The predicted octanol–water partition coefficient (Wildman–Crippen LogP) is 2.36. The van der Waals surface area contributed by atoms with E-state index in [9.17, 15) is 18.0 Å². The fraction of sp³-hybridized carbons (Fsp3) is 0.579. The maximum absolute atomic E-state index is 12.9. The second-order valence-electron chi connectivity index (χ2n) is 7.58. The summed E-state index contributed by atoms with van der Waals surface area (Å²) < 4.78 is 44.2. The highest BCUT2D eigenvalue weighted by molar-refractivity contribution is 5.92. The molecule has 0 bridgehead atoms. The number of amides is 1. The van der Waals surface area contributed by atoms with Gasteiger partial charge in [-0.25, -0.2) is 0 Å². The molecule has 1 aromatic carbocycles. The molecule has 2 aromatic rings. The molecule has 2 fully saturated rings. The third kappa shape index (κ3) is 4.64. The topological polar surface area (TPSA) is 82.3 Å². The summed E-state index contributed by atoms with van der Waals surface area (Å²) in [6, 6.07) is 3.96. The van der Waals surface area contributed by atoms with Crippen LogP contribution in [0.1, 0.15) is 24.8 Å². The lowest BCUT2D eigenvalue weighted by molar-refractivity contribution is -0.137. The van der Waals surface area contributed by atoms with Crippen LogP contribution in [0.15, 0.2) is 18.2 Å². The molecule has 2 aliphatic rings. The van der Waals surface area contributed by atoms with Gasteiger partial charge in [-0.05, 0) is 37.5 Å². The molecule has 0 unspecified atom stereocenters. The molecule has 158 valence electrons. The van der Waals surface area contributed by atoms with E-state index < -0.39 is 11.7 Å². The first-order valence-electron chi connectivity index (χ1n) is 9.80. The molecule has 0 saturated carbocycles. The van der Waals surface area contributed by atoms with Gasteiger partial charge in [0.05, 0.1) is 17.6 Å². The smallest absolute Gasteiger partial charge is 0.381 e. The molecule has 4 rings (SSSR count). The maximum atomic E-state index is 12.9. The number of alkyl halides is 3. The van der Waals surface area contributed by atoms with Crippen molar-refractivity contribution < 1.29 is 22.7 Å². The van der Waals surface area contributed by atoms with Crippen molar-refractivity contribution in [3.8, 4) is 0 Å². The van der Waals surface area contributed by atoms with Crippen LogP contribution in [-0.2, 0) is 15.7 Å². The minimum absolute atomic E-state index is 0.0516. The molecule has 1 aromatic heterocycles. The Balaban J connectivity index is 1.31. The number of carbonyl (C=O) groups is 1. The molecule has 0 aliphatic carbocycles. The van der Waals surface area contributed by atoms with Gasteiger partial charge in [-0.15, -0.1) is 0 Å². The average molecular weight is 411 g/mol. The van der Waals surface area contributed by atoms with Crippen molar-refractivity contribution in [2.24, 2.45) is 0 Å². The quantitative estimate of drug-likeness (QED) is 0.704. The first-order chi connectivity index (χ1) is 13.9. The summed E-state index contributed by atoms with van der Waals surface area (Å²) in [5.74, 6) is 0.0310. The fourth-order valence-corrected chi connectivity index (χ4v) is 4.05. The normalized spacial score (nSPS) is 21.6. The molecular formula is C19H24F3N5O2. The van der Waals surface area contributed by atoms with Crippen LogP contribution in [0.25, 0.3) is 10.9 Å². The van der Waals surface area contributed by atoms with Gasteiger partial charge < -0.3 is 15.4 Å². The van der Waals surface area contributed by atoms with E-state index >= 15 is 0 Å². The number of halogens is 3. The Morgan fingerprint density at radius 3 is 2.83 bits per heavy atom. The van der Waals surface area contributed by atoms with E-state index in [-0.39, 0.29) is 24.3 Å². The zero-order valence-corrected chi connectivity index (χ0v) is 15.9. The number of aromatic amines is 1. The van der Waals surface area contributed by atoms with Gasteiger partial charge in [-0.1, -0.05) is 0 Å². The van der Waals surface area contributed by atoms with Crippen LogP contribution in [0.5, 0.6) is 0 Å². The van der Waals surface area contributed by atoms with Gasteiger partial charge in [0.15, 0.2) is 5.82 Å². The molecule has 0 radical (unpaired) electrons. The van der Waals surface area contributed by atoms with Crippen LogP contribution in [0, 0.1) is 0 Å². The Morgan fingerprint density at radius 1 is 1.28 bits per heavy atom. The number of fused-ring (bicyclic) bond motifs is 1. The number of carbonyl (C=O) groups excluding carboxylic acids is 1. The summed E-state index contributed by atoms with van der Waals surface area (Å²) in [5, 5.41) is 12.8. The molecule has 1 atom stereocenters. The average Bonchev–Trinajstić information content (AvgIpc) is 3.33. The summed E-state index contributed by atoms with van der Waals surface area (Å²) in [6.07, 6.45) is -1.50. The Kier molecular flexibility index (Phi) is 5.64. The van der Waals surface area contributed by atoms with Crippen LogP contribution in [0.4, 0.5) is 19.0 Å². The molecule has 7 nitrogen and oxygen atoms in total. The number of nitrogens with zero attached hydrogens (tertiary/aromatic N) is 2. The predicted molar refractivity (Wildman–Crippen MR) is 102 cm³/mol. The van der Waals surface area contributed by atoms with Crippen molar-refractivity contribution in [2.45, 2.75) is 37.5 Å². The Morgan fingerprint density at radius 2 is 2.07 bits per heavy atom. The SMILES string of the molecule is O=C(CNc1n[nH]c2ccc(C(F)(F)F)cc12)N[C@@H]1CCN(C2CCOCC2)C1. The van der Waals surface area contributed by atoms with Crippen LogP contribution < -0.4 is 10.6 Å². The van der Waals surface area contributed by atoms with E-state index in [4.69, 9.17) is 4.74 Å². The molecule has 2 saturated heterocycles. The monoisotopic (exact) mass is 411 g/mol. The van der Waals surface area contributed by atoms with E-state index in [0.29, 0.717) is 16.9 Å². The largest absolute Gasteiger partial charge is 0.416 e. The molecule has 10 heteroatoms. The van der Waals surface area contributed by atoms with E-state index in [0.717, 1.165) is 57.7 Å². The summed E-state index contributed by atoms with van der Waals surface area (Å²) in [4.78, 5) is 14.7. The number of ether oxygens (including phenoxy) is 1. The lowest BCUT2D eigenvalue weighted by Gasteiger charge is -2.31. The Labute approximate surface area is 166 Å². The zero-order chi connectivity index (χ0) is 20.4. The van der Waals surface area contributed by atoms with Gasteiger partial charge in [0.1, 0.15) is 0 Å². The van der Waals surface area contributed by atoms with Gasteiger partial charge in [0.2, 0.25) is 5.91 Å². The molecular weight excluding hydrogens is 387 g/mol. The summed E-state index contributed by atoms with van der Waals surface area (Å²) in [6.45, 7) is 3.29. The number of aromatic nitrogens is 2. The van der Waals surface area contributed by atoms with Crippen LogP contribution in [-0.4, -0.2) is 65.9 Å². The van der Waals surface area contributed by atoms with Gasteiger partial charge in [-0.2, -0.15) is 18.3 Å². The number of hydrogen-bond donors (Lipinski definition) is 3. The molecule has 2 aliphatic heterocycles. The Hall–Kier alpha value is -2.33. The minimum Gasteiger partial charge on any atom is -0.381 e. The van der Waals surface area contributed by atoms with Crippen molar-refractivity contribution in [1.29, 1.82) is 0 Å². The second-order valence-corrected chi connectivity index (χ2v) is 7.58. The molecule has 29 heavy (non-hydrogen) atoms. The highest BCUT2D eigenvalue weighted by Crippen LogP contribution is 2.32. The Bertz CT molecular complexity index is 863. The molecule has 1 amide bonds. The first-order valence-corrected chi connectivity index (χ1v) is 9.80. The number of benzene rings is 1. The third-order valence-corrected chi connectivity index (χ3v) is 5.60. The van der Waals surface area contributed by atoms with Gasteiger partial charge in [-0.3, -0.25) is 14.8 Å². The number of rotatable bonds is 5. The third-order valence-electron chi connectivity index (χ3n) is 5.60. The molecule has 3 heterocycles. The van der Waals surface area contributed by atoms with Crippen molar-refractivity contribution in [3.05, 3.63) is 23.8 Å². The number of hydrogen-bond acceptors (Lipinski definition) is 5. The van der Waals surface area contributed by atoms with Crippen molar-refractivity contribution in [2.75, 3.05) is 38.2 Å². The summed E-state index contributed by atoms with van der Waals surface area (Å²) in [5.41, 5.74) is -0.276. The lowest BCUT2D eigenvalue weighted by Crippen LogP contribution is -2.43. The maximum Gasteiger partial charge on any atom is 0.416 e. The number of likely N-dealkylation sites (tertiary alicyclic amines) is 1. The van der Waals surface area contributed by atoms with E-state index in [1.807, 2.05) is 0 Å². The van der Waals surface area contributed by atoms with Gasteiger partial charge in [0, 0.05) is 43.8 Å². The minimum atomic E-state index is -4.43. The number of H-pyrrole nitrogens is 1. The lowest BCUT2D eigenvalue weighted by atomic mass is 10.1. The standard InChI is InChI=1S/C19H24F3N5O2/c20-19(21,22)12-1-2-16-15(9-12)18(26-25-16)23-10-17(28)24-13-3-6-27(11-13)14-4-7-29-8-5-14/h1-2,9,13-14H,3-8,10-11H2,(H,24,28)(H2,23,25,26)/t13-/m1/s1. The number of anilines is 1. The zero-order valence-electron chi connectivity index (χ0n) is 15.9. The summed E-state index contributed by atoms with van der Waals surface area (Å²) >= 11 is 0. The summed E-state index contributed by atoms with van der Waals surface area (Å²) in [7, 11) is 0. The number of nitrogens with one attached hydrogen (secondary N) is 3. The van der Waals surface area contributed by atoms with E-state index in [1.54, 1.807) is 0 Å². The second kappa shape index (κ2) is 8.19. The molecule has 3 N–H and O–H groups in total. The highest BCUT2D eigenvalue weighted by Gasteiger charge is 2.31. The van der Waals surface area contributed by atoms with Crippen LogP contribution >= 0.6 is 0 Å². The van der Waals surface area contributed by atoms with Crippen LogP contribution in [0.2, 0.25) is 0 Å². The molecule has 0 spiro atoms. The van der Waals surface area contributed by atoms with E-state index in [1.165, 1.54) is 6.07 Å². The highest BCUT2D eigenvalue weighted by atomic mass is 19.4. The van der Waals surface area contributed by atoms with Crippen molar-refractivity contribution in [3.63, 3.8) is 0 Å². The van der Waals surface area contributed by atoms with E-state index in [2.05, 4.69) is 25.7 Å². The van der Waals surface area contributed by atoms with Gasteiger partial charge in [0.25, 0.3) is 0 Å².